The van der Waals surface area contributed by atoms with E-state index in [1.54, 1.807) is 0 Å². The van der Waals surface area contributed by atoms with Gasteiger partial charge in [0.05, 0.1) is 0 Å². The molecule has 1 aliphatic rings. The van der Waals surface area contributed by atoms with Crippen molar-refractivity contribution in [1.82, 2.24) is 4.90 Å². The van der Waals surface area contributed by atoms with Crippen molar-refractivity contribution in [3.63, 3.8) is 0 Å². The first-order chi connectivity index (χ1) is 9.70. The van der Waals surface area contributed by atoms with E-state index in [-0.39, 0.29) is 0 Å². The first kappa shape index (κ1) is 13.9. The van der Waals surface area contributed by atoms with Gasteiger partial charge in [-0.2, -0.15) is 0 Å². The fourth-order valence-electron chi connectivity index (χ4n) is 2.75. The molecular weight excluding hydrogens is 289 g/mol. The molecular formula is C17H17Cl2N. The van der Waals surface area contributed by atoms with Crippen LogP contribution in [0.15, 0.2) is 42.5 Å². The lowest BCUT2D eigenvalue weighted by atomic mass is 9.99. The summed E-state index contributed by atoms with van der Waals surface area (Å²) < 4.78 is 0. The summed E-state index contributed by atoms with van der Waals surface area (Å²) in [4.78, 5) is 2.50. The summed E-state index contributed by atoms with van der Waals surface area (Å²) in [6, 6.07) is 14.4. The summed E-state index contributed by atoms with van der Waals surface area (Å²) in [5.74, 6) is 0. The molecule has 20 heavy (non-hydrogen) atoms. The highest BCUT2D eigenvalue weighted by Crippen LogP contribution is 2.22. The van der Waals surface area contributed by atoms with Crippen molar-refractivity contribution in [3.8, 4) is 0 Å². The highest BCUT2D eigenvalue weighted by Gasteiger charge is 2.16. The van der Waals surface area contributed by atoms with E-state index in [4.69, 9.17) is 23.2 Å². The third-order valence-corrected chi connectivity index (χ3v) is 4.34. The monoisotopic (exact) mass is 305 g/mol. The van der Waals surface area contributed by atoms with E-state index in [0.29, 0.717) is 0 Å². The van der Waals surface area contributed by atoms with E-state index in [2.05, 4.69) is 29.2 Å². The van der Waals surface area contributed by atoms with Crippen LogP contribution in [-0.2, 0) is 19.4 Å². The van der Waals surface area contributed by atoms with Crippen LogP contribution in [0.1, 0.15) is 16.7 Å². The number of hydrogen-bond donors (Lipinski definition) is 0. The molecule has 0 aromatic heterocycles. The first-order valence-electron chi connectivity index (χ1n) is 6.95. The van der Waals surface area contributed by atoms with Crippen LogP contribution in [0.3, 0.4) is 0 Å². The molecule has 0 aliphatic carbocycles. The number of nitrogens with zero attached hydrogens (tertiary/aromatic N) is 1. The van der Waals surface area contributed by atoms with Crippen LogP contribution in [0.4, 0.5) is 0 Å². The topological polar surface area (TPSA) is 3.24 Å². The third kappa shape index (κ3) is 3.35. The fourth-order valence-corrected chi connectivity index (χ4v) is 3.16. The van der Waals surface area contributed by atoms with Crippen molar-refractivity contribution in [2.75, 3.05) is 13.1 Å². The average molecular weight is 306 g/mol. The van der Waals surface area contributed by atoms with Crippen LogP contribution in [0.5, 0.6) is 0 Å². The Kier molecular flexibility index (Phi) is 4.30. The highest BCUT2D eigenvalue weighted by atomic mass is 35.5. The predicted octanol–water partition coefficient (Wildman–Crippen LogP) is 4.59. The number of halogens is 2. The van der Waals surface area contributed by atoms with Crippen molar-refractivity contribution in [2.45, 2.75) is 19.4 Å². The molecule has 104 valence electrons. The van der Waals surface area contributed by atoms with Gasteiger partial charge in [0.1, 0.15) is 0 Å². The smallest absolute Gasteiger partial charge is 0.0408 e. The van der Waals surface area contributed by atoms with E-state index in [9.17, 15) is 0 Å². The Bertz CT molecular complexity index is 610. The van der Waals surface area contributed by atoms with Gasteiger partial charge in [0, 0.05) is 29.7 Å². The molecule has 0 atom stereocenters. The standard InChI is InChI=1S/C17H17Cl2N/c18-16-3-1-2-13(10-16)6-8-20-9-7-14-11-17(19)5-4-15(14)12-20/h1-5,10-11H,6-9,12H2. The average Bonchev–Trinajstić information content (AvgIpc) is 2.45. The lowest BCUT2D eigenvalue weighted by Crippen LogP contribution is -2.32. The predicted molar refractivity (Wildman–Crippen MR) is 85.6 cm³/mol. The van der Waals surface area contributed by atoms with Crippen LogP contribution < -0.4 is 0 Å². The maximum Gasteiger partial charge on any atom is 0.0408 e. The normalized spacial score (nSPS) is 15.1. The second kappa shape index (κ2) is 6.17. The number of fused-ring (bicyclic) bond motifs is 1. The van der Waals surface area contributed by atoms with Gasteiger partial charge in [-0.3, -0.25) is 4.90 Å². The molecule has 3 rings (SSSR count). The number of rotatable bonds is 3. The zero-order valence-electron chi connectivity index (χ0n) is 11.3. The summed E-state index contributed by atoms with van der Waals surface area (Å²) in [6.45, 7) is 3.20. The minimum atomic E-state index is 0.820. The third-order valence-electron chi connectivity index (χ3n) is 3.87. The SMILES string of the molecule is Clc1cccc(CCN2CCc3cc(Cl)ccc3C2)c1. The molecule has 0 radical (unpaired) electrons. The van der Waals surface area contributed by atoms with Crippen molar-refractivity contribution in [3.05, 3.63) is 69.2 Å². The second-order valence-electron chi connectivity index (χ2n) is 5.32. The second-order valence-corrected chi connectivity index (χ2v) is 6.19. The van der Waals surface area contributed by atoms with Crippen molar-refractivity contribution in [1.29, 1.82) is 0 Å². The molecule has 0 bridgehead atoms. The number of benzene rings is 2. The molecule has 2 aromatic carbocycles. The minimum Gasteiger partial charge on any atom is -0.298 e. The summed E-state index contributed by atoms with van der Waals surface area (Å²) in [7, 11) is 0. The maximum absolute atomic E-state index is 6.04. The van der Waals surface area contributed by atoms with E-state index in [0.717, 1.165) is 42.5 Å². The molecule has 0 saturated carbocycles. The Labute approximate surface area is 130 Å². The summed E-state index contributed by atoms with van der Waals surface area (Å²) >= 11 is 12.1. The Morgan fingerprint density at radius 1 is 0.950 bits per heavy atom. The van der Waals surface area contributed by atoms with Gasteiger partial charge in [0.2, 0.25) is 0 Å². The summed E-state index contributed by atoms with van der Waals surface area (Å²) in [5, 5.41) is 1.66. The van der Waals surface area contributed by atoms with E-state index < -0.39 is 0 Å². The molecule has 0 amide bonds. The Hall–Kier alpha value is -1.02. The van der Waals surface area contributed by atoms with Crippen LogP contribution in [0, 0.1) is 0 Å². The lowest BCUT2D eigenvalue weighted by molar-refractivity contribution is 0.257. The fraction of sp³-hybridized carbons (Fsp3) is 0.294. The van der Waals surface area contributed by atoms with Crippen LogP contribution in [-0.4, -0.2) is 18.0 Å². The lowest BCUT2D eigenvalue weighted by Gasteiger charge is -2.28. The molecule has 0 N–H and O–H groups in total. The molecule has 1 nitrogen and oxygen atoms in total. The summed E-state index contributed by atoms with van der Waals surface area (Å²) in [6.07, 6.45) is 2.13. The van der Waals surface area contributed by atoms with Gasteiger partial charge < -0.3 is 0 Å². The van der Waals surface area contributed by atoms with E-state index in [1.807, 2.05) is 18.2 Å². The van der Waals surface area contributed by atoms with Crippen molar-refractivity contribution >= 4 is 23.2 Å². The van der Waals surface area contributed by atoms with Gasteiger partial charge in [-0.1, -0.05) is 41.4 Å². The van der Waals surface area contributed by atoms with Gasteiger partial charge in [0.25, 0.3) is 0 Å². The summed E-state index contributed by atoms with van der Waals surface area (Å²) in [5.41, 5.74) is 4.11. The van der Waals surface area contributed by atoms with Crippen molar-refractivity contribution in [2.24, 2.45) is 0 Å². The molecule has 1 aliphatic heterocycles. The zero-order chi connectivity index (χ0) is 13.9. The Balaban J connectivity index is 1.62. The molecule has 3 heteroatoms. The van der Waals surface area contributed by atoms with Crippen LogP contribution in [0.2, 0.25) is 10.0 Å². The molecule has 0 saturated heterocycles. The molecule has 2 aromatic rings. The molecule has 0 fully saturated rings. The highest BCUT2D eigenvalue weighted by molar-refractivity contribution is 6.30. The van der Waals surface area contributed by atoms with Crippen LogP contribution in [0.25, 0.3) is 0 Å². The van der Waals surface area contributed by atoms with E-state index >= 15 is 0 Å². The van der Waals surface area contributed by atoms with E-state index in [1.165, 1.54) is 16.7 Å². The largest absolute Gasteiger partial charge is 0.298 e. The quantitative estimate of drug-likeness (QED) is 0.801. The van der Waals surface area contributed by atoms with Gasteiger partial charge in [-0.25, -0.2) is 0 Å². The number of hydrogen-bond acceptors (Lipinski definition) is 1. The zero-order valence-corrected chi connectivity index (χ0v) is 12.8. The van der Waals surface area contributed by atoms with Gasteiger partial charge in [-0.05, 0) is 53.8 Å². The maximum atomic E-state index is 6.04. The first-order valence-corrected chi connectivity index (χ1v) is 7.70. The Morgan fingerprint density at radius 3 is 2.65 bits per heavy atom. The van der Waals surface area contributed by atoms with Gasteiger partial charge in [0.15, 0.2) is 0 Å². The molecule has 0 unspecified atom stereocenters. The van der Waals surface area contributed by atoms with Gasteiger partial charge in [-0.15, -0.1) is 0 Å². The van der Waals surface area contributed by atoms with Crippen LogP contribution >= 0.6 is 23.2 Å². The van der Waals surface area contributed by atoms with Crippen molar-refractivity contribution < 1.29 is 0 Å². The Morgan fingerprint density at radius 2 is 1.80 bits per heavy atom. The molecule has 1 heterocycles. The minimum absolute atomic E-state index is 0.820. The molecule has 0 spiro atoms. The van der Waals surface area contributed by atoms with Gasteiger partial charge >= 0.3 is 0 Å².